The van der Waals surface area contributed by atoms with Crippen molar-refractivity contribution in [3.05, 3.63) is 12.2 Å². The Bertz CT molecular complexity index is 169. The molecule has 0 radical (unpaired) electrons. The van der Waals surface area contributed by atoms with Gasteiger partial charge in [-0.05, 0) is 12.8 Å². The van der Waals surface area contributed by atoms with Crippen molar-refractivity contribution in [1.82, 2.24) is 0 Å². The first-order chi connectivity index (χ1) is 7.24. The predicted molar refractivity (Wildman–Crippen MR) is 61.4 cm³/mol. The summed E-state index contributed by atoms with van der Waals surface area (Å²) in [5.41, 5.74) is 0. The third-order valence-corrected chi connectivity index (χ3v) is 3.82. The van der Waals surface area contributed by atoms with E-state index in [-0.39, 0.29) is 0 Å². The zero-order valence-corrected chi connectivity index (χ0v) is 11.1. The normalized spacial score (nSPS) is 12.5. The van der Waals surface area contributed by atoms with Gasteiger partial charge in [0.2, 0.25) is 0 Å². The van der Waals surface area contributed by atoms with Gasteiger partial charge in [-0.25, -0.2) is 0 Å². The summed E-state index contributed by atoms with van der Waals surface area (Å²) in [6.07, 6.45) is 5.88. The minimum Gasteiger partial charge on any atom is -0.355 e. The lowest BCUT2D eigenvalue weighted by Crippen LogP contribution is -2.47. The average molecular weight is 234 g/mol. The SMILES string of the molecule is CCC=CCO[Si](OC)(OC)OCCC. The Kier molecular flexibility index (Phi) is 8.93. The fraction of sp³-hybridized carbons (Fsp3) is 0.800. The quantitative estimate of drug-likeness (QED) is 0.452. The molecule has 0 aliphatic rings. The summed E-state index contributed by atoms with van der Waals surface area (Å²) in [4.78, 5) is 0. The lowest BCUT2D eigenvalue weighted by molar-refractivity contribution is -0.00230. The van der Waals surface area contributed by atoms with Gasteiger partial charge in [-0.2, -0.15) is 0 Å². The molecule has 0 rings (SSSR count). The number of allylic oxidation sites excluding steroid dienone is 1. The lowest BCUT2D eigenvalue weighted by Gasteiger charge is -2.24. The zero-order valence-electron chi connectivity index (χ0n) is 10.1. The van der Waals surface area contributed by atoms with Crippen LogP contribution in [0.2, 0.25) is 0 Å². The van der Waals surface area contributed by atoms with Crippen molar-refractivity contribution in [3.8, 4) is 0 Å². The molecule has 0 aliphatic carbocycles. The fourth-order valence-electron chi connectivity index (χ4n) is 0.973. The maximum atomic E-state index is 5.52. The molecule has 5 heteroatoms. The van der Waals surface area contributed by atoms with Gasteiger partial charge in [0.05, 0.1) is 6.61 Å². The topological polar surface area (TPSA) is 36.9 Å². The molecule has 0 aromatic carbocycles. The van der Waals surface area contributed by atoms with Crippen molar-refractivity contribution in [3.63, 3.8) is 0 Å². The molecule has 0 aliphatic heterocycles. The molecule has 0 saturated heterocycles. The van der Waals surface area contributed by atoms with E-state index in [0.29, 0.717) is 13.2 Å². The van der Waals surface area contributed by atoms with Gasteiger partial charge in [0.1, 0.15) is 0 Å². The third-order valence-electron chi connectivity index (χ3n) is 1.74. The molecule has 0 amide bonds. The maximum Gasteiger partial charge on any atom is 0.679 e. The fourth-order valence-corrected chi connectivity index (χ4v) is 2.45. The Balaban J connectivity index is 4.04. The minimum atomic E-state index is -2.87. The first-order valence-corrected chi connectivity index (χ1v) is 6.91. The van der Waals surface area contributed by atoms with Crippen LogP contribution in [0, 0.1) is 0 Å². The highest BCUT2D eigenvalue weighted by atomic mass is 28.4. The van der Waals surface area contributed by atoms with Crippen molar-refractivity contribution in [2.75, 3.05) is 27.4 Å². The smallest absolute Gasteiger partial charge is 0.355 e. The van der Waals surface area contributed by atoms with E-state index in [4.69, 9.17) is 17.7 Å². The number of hydrogen-bond acceptors (Lipinski definition) is 4. The molecule has 0 fully saturated rings. The molecule has 0 heterocycles. The van der Waals surface area contributed by atoms with Gasteiger partial charge in [0, 0.05) is 20.8 Å². The molecule has 0 bridgehead atoms. The van der Waals surface area contributed by atoms with Crippen LogP contribution >= 0.6 is 0 Å². The van der Waals surface area contributed by atoms with Crippen LogP contribution in [0.5, 0.6) is 0 Å². The second-order valence-corrected chi connectivity index (χ2v) is 5.34. The summed E-state index contributed by atoms with van der Waals surface area (Å²) < 4.78 is 21.4. The Hall–Kier alpha value is -0.203. The summed E-state index contributed by atoms with van der Waals surface area (Å²) in [5, 5.41) is 0. The first-order valence-electron chi connectivity index (χ1n) is 5.27. The second-order valence-electron chi connectivity index (χ2n) is 2.95. The van der Waals surface area contributed by atoms with E-state index in [1.807, 2.05) is 19.1 Å². The lowest BCUT2D eigenvalue weighted by atomic mass is 10.4. The van der Waals surface area contributed by atoms with Crippen LogP contribution in [0.1, 0.15) is 26.7 Å². The van der Waals surface area contributed by atoms with Gasteiger partial charge < -0.3 is 17.7 Å². The molecule has 4 nitrogen and oxygen atoms in total. The van der Waals surface area contributed by atoms with Gasteiger partial charge in [-0.3, -0.25) is 0 Å². The average Bonchev–Trinajstić information content (AvgIpc) is 2.29. The number of hydrogen-bond donors (Lipinski definition) is 0. The standard InChI is InChI=1S/C10H22O4Si/c1-5-7-8-10-14-15(11-3,12-4)13-9-6-2/h7-8H,5-6,9-10H2,1-4H3. The summed E-state index contributed by atoms with van der Waals surface area (Å²) in [7, 11) is 0.235. The highest BCUT2D eigenvalue weighted by molar-refractivity contribution is 6.53. The second kappa shape index (κ2) is 9.05. The van der Waals surface area contributed by atoms with Crippen LogP contribution in [-0.2, 0) is 17.7 Å². The molecule has 0 N–H and O–H groups in total. The molecular formula is C10H22O4Si. The van der Waals surface area contributed by atoms with Crippen LogP contribution in [-0.4, -0.2) is 36.5 Å². The van der Waals surface area contributed by atoms with E-state index in [2.05, 4.69) is 6.92 Å². The van der Waals surface area contributed by atoms with Gasteiger partial charge in [-0.15, -0.1) is 0 Å². The third kappa shape index (κ3) is 6.06. The summed E-state index contributed by atoms with van der Waals surface area (Å²) >= 11 is 0. The summed E-state index contributed by atoms with van der Waals surface area (Å²) in [6, 6.07) is 0. The largest absolute Gasteiger partial charge is 0.679 e. The van der Waals surface area contributed by atoms with E-state index in [1.54, 1.807) is 14.2 Å². The van der Waals surface area contributed by atoms with E-state index in [0.717, 1.165) is 12.8 Å². The van der Waals surface area contributed by atoms with E-state index >= 15 is 0 Å². The van der Waals surface area contributed by atoms with Crippen LogP contribution < -0.4 is 0 Å². The van der Waals surface area contributed by atoms with Crippen LogP contribution in [0.25, 0.3) is 0 Å². The summed E-state index contributed by atoms with van der Waals surface area (Å²) in [6.45, 7) is 5.15. The first kappa shape index (κ1) is 14.8. The monoisotopic (exact) mass is 234 g/mol. The molecule has 0 aromatic rings. The van der Waals surface area contributed by atoms with Gasteiger partial charge >= 0.3 is 9.05 Å². The van der Waals surface area contributed by atoms with Gasteiger partial charge in [-0.1, -0.05) is 26.0 Å². The molecular weight excluding hydrogens is 212 g/mol. The Labute approximate surface area is 93.7 Å². The van der Waals surface area contributed by atoms with Crippen molar-refractivity contribution < 1.29 is 17.7 Å². The molecule has 0 unspecified atom stereocenters. The highest BCUT2D eigenvalue weighted by Gasteiger charge is 2.42. The van der Waals surface area contributed by atoms with Crippen LogP contribution in [0.15, 0.2) is 12.2 Å². The summed E-state index contributed by atoms with van der Waals surface area (Å²) in [5.74, 6) is 0. The van der Waals surface area contributed by atoms with E-state index in [1.165, 1.54) is 0 Å². The Morgan fingerprint density at radius 3 is 2.13 bits per heavy atom. The maximum absolute atomic E-state index is 5.52. The Morgan fingerprint density at radius 1 is 1.00 bits per heavy atom. The zero-order chi connectivity index (χ0) is 11.6. The van der Waals surface area contributed by atoms with Crippen molar-refractivity contribution >= 4 is 9.05 Å². The Morgan fingerprint density at radius 2 is 1.67 bits per heavy atom. The number of rotatable bonds is 9. The molecule has 0 atom stereocenters. The molecule has 0 spiro atoms. The molecule has 0 saturated carbocycles. The predicted octanol–water partition coefficient (Wildman–Crippen LogP) is 2.12. The molecule has 0 aromatic heterocycles. The van der Waals surface area contributed by atoms with E-state index < -0.39 is 9.05 Å². The van der Waals surface area contributed by atoms with Crippen molar-refractivity contribution in [2.24, 2.45) is 0 Å². The van der Waals surface area contributed by atoms with Crippen LogP contribution in [0.3, 0.4) is 0 Å². The minimum absolute atomic E-state index is 0.464. The molecule has 15 heavy (non-hydrogen) atoms. The van der Waals surface area contributed by atoms with Gasteiger partial charge in [0.25, 0.3) is 0 Å². The van der Waals surface area contributed by atoms with Gasteiger partial charge in [0.15, 0.2) is 0 Å². The van der Waals surface area contributed by atoms with Crippen molar-refractivity contribution in [1.29, 1.82) is 0 Å². The van der Waals surface area contributed by atoms with Crippen LogP contribution in [0.4, 0.5) is 0 Å². The van der Waals surface area contributed by atoms with E-state index in [9.17, 15) is 0 Å². The highest BCUT2D eigenvalue weighted by Crippen LogP contribution is 2.09. The van der Waals surface area contributed by atoms with Crippen molar-refractivity contribution in [2.45, 2.75) is 26.7 Å². The molecule has 90 valence electrons.